The Morgan fingerprint density at radius 2 is 1.88 bits per heavy atom. The van der Waals surface area contributed by atoms with Gasteiger partial charge < -0.3 is 14.0 Å². The minimum Gasteiger partial charge on any atom is -0.434 e. The Kier molecular flexibility index (Phi) is 5.90. The molecule has 0 amide bonds. The Morgan fingerprint density at radius 3 is 2.65 bits per heavy atom. The van der Waals surface area contributed by atoms with Crippen molar-refractivity contribution in [3.8, 4) is 17.2 Å². The Bertz CT molecular complexity index is 885. The lowest BCUT2D eigenvalue weighted by molar-refractivity contribution is -0.0499. The van der Waals surface area contributed by atoms with E-state index in [1.54, 1.807) is 18.2 Å². The minimum atomic E-state index is -2.92. The van der Waals surface area contributed by atoms with Crippen molar-refractivity contribution in [3.63, 3.8) is 0 Å². The summed E-state index contributed by atoms with van der Waals surface area (Å²) < 4.78 is 35.5. The molecule has 9 heteroatoms. The molecular weight excluding hydrogens is 412 g/mol. The lowest BCUT2D eigenvalue weighted by Crippen LogP contribution is -2.04. The van der Waals surface area contributed by atoms with Crippen LogP contribution in [-0.4, -0.2) is 23.0 Å². The average molecular weight is 424 g/mol. The van der Waals surface area contributed by atoms with E-state index in [9.17, 15) is 8.78 Å². The van der Waals surface area contributed by atoms with Crippen molar-refractivity contribution < 1.29 is 22.8 Å². The van der Waals surface area contributed by atoms with Crippen molar-refractivity contribution in [2.24, 2.45) is 5.16 Å². The van der Waals surface area contributed by atoms with Gasteiger partial charge in [0.25, 0.3) is 5.89 Å². The topological polar surface area (TPSA) is 69.7 Å². The van der Waals surface area contributed by atoms with Crippen LogP contribution in [0.3, 0.4) is 0 Å². The average Bonchev–Trinajstić information content (AvgIpc) is 3.09. The smallest absolute Gasteiger partial charge is 0.387 e. The van der Waals surface area contributed by atoms with Gasteiger partial charge >= 0.3 is 6.61 Å². The summed E-state index contributed by atoms with van der Waals surface area (Å²) >= 11 is 3.35. The van der Waals surface area contributed by atoms with Crippen molar-refractivity contribution in [2.45, 2.75) is 13.2 Å². The molecule has 0 saturated carbocycles. The van der Waals surface area contributed by atoms with Gasteiger partial charge in [-0.25, -0.2) is 0 Å². The minimum absolute atomic E-state index is 0.00478. The summed E-state index contributed by atoms with van der Waals surface area (Å²) in [6.45, 7) is -2.97. The zero-order valence-electron chi connectivity index (χ0n) is 13.2. The largest absolute Gasteiger partial charge is 0.434 e. The van der Waals surface area contributed by atoms with Crippen LogP contribution in [0.25, 0.3) is 11.5 Å². The van der Waals surface area contributed by atoms with Gasteiger partial charge in [0.05, 0.1) is 6.21 Å². The Balaban J connectivity index is 1.59. The molecule has 3 aromatic rings. The van der Waals surface area contributed by atoms with E-state index in [0.29, 0.717) is 11.5 Å². The maximum atomic E-state index is 12.3. The van der Waals surface area contributed by atoms with Gasteiger partial charge in [0.1, 0.15) is 5.75 Å². The first-order chi connectivity index (χ1) is 12.6. The number of ether oxygens (including phenoxy) is 1. The second-order valence-corrected chi connectivity index (χ2v) is 5.85. The third kappa shape index (κ3) is 4.85. The normalized spacial score (nSPS) is 11.2. The third-order valence-electron chi connectivity index (χ3n) is 3.15. The number of benzene rings is 2. The number of rotatable bonds is 7. The molecule has 0 atom stereocenters. The second-order valence-electron chi connectivity index (χ2n) is 4.93. The third-order valence-corrected chi connectivity index (χ3v) is 3.68. The highest BCUT2D eigenvalue weighted by Crippen LogP contribution is 2.21. The van der Waals surface area contributed by atoms with Crippen LogP contribution >= 0.6 is 15.9 Å². The maximum Gasteiger partial charge on any atom is 0.387 e. The fourth-order valence-corrected chi connectivity index (χ4v) is 2.26. The summed E-state index contributed by atoms with van der Waals surface area (Å²) in [5, 5.41) is 11.5. The zero-order valence-corrected chi connectivity index (χ0v) is 14.8. The standard InChI is InChI=1S/C17H12BrF2N3O3/c18-13-7-5-11(6-8-13)16-23-22-15(26-16)10-24-21-9-12-3-1-2-4-14(12)25-17(19)20/h1-9,17H,10H2/b21-9+. The van der Waals surface area contributed by atoms with Gasteiger partial charge in [-0.15, -0.1) is 10.2 Å². The predicted octanol–water partition coefficient (Wildman–Crippen LogP) is 4.65. The molecule has 26 heavy (non-hydrogen) atoms. The lowest BCUT2D eigenvalue weighted by Gasteiger charge is -2.06. The molecule has 0 bridgehead atoms. The monoisotopic (exact) mass is 423 g/mol. The summed E-state index contributed by atoms with van der Waals surface area (Å²) in [6, 6.07) is 13.6. The Hall–Kier alpha value is -2.81. The van der Waals surface area contributed by atoms with Crippen LogP contribution in [0.4, 0.5) is 8.78 Å². The van der Waals surface area contributed by atoms with Gasteiger partial charge in [-0.3, -0.25) is 0 Å². The molecule has 6 nitrogen and oxygen atoms in total. The number of hydrogen-bond acceptors (Lipinski definition) is 6. The quantitative estimate of drug-likeness (QED) is 0.408. The lowest BCUT2D eigenvalue weighted by atomic mass is 10.2. The van der Waals surface area contributed by atoms with E-state index in [-0.39, 0.29) is 18.2 Å². The SMILES string of the molecule is FC(F)Oc1ccccc1/C=N/OCc1nnc(-c2ccc(Br)cc2)o1. The van der Waals surface area contributed by atoms with Crippen LogP contribution in [0, 0.1) is 0 Å². The van der Waals surface area contributed by atoms with E-state index in [1.165, 1.54) is 12.3 Å². The highest BCUT2D eigenvalue weighted by Gasteiger charge is 2.09. The van der Waals surface area contributed by atoms with Crippen molar-refractivity contribution in [2.75, 3.05) is 0 Å². The van der Waals surface area contributed by atoms with Crippen LogP contribution < -0.4 is 4.74 Å². The number of para-hydroxylation sites is 1. The van der Waals surface area contributed by atoms with Crippen LogP contribution in [0.2, 0.25) is 0 Å². The van der Waals surface area contributed by atoms with E-state index < -0.39 is 6.61 Å². The molecule has 0 aliphatic carbocycles. The van der Waals surface area contributed by atoms with Crippen molar-refractivity contribution in [1.82, 2.24) is 10.2 Å². The number of aromatic nitrogens is 2. The van der Waals surface area contributed by atoms with Crippen molar-refractivity contribution in [3.05, 3.63) is 64.5 Å². The van der Waals surface area contributed by atoms with Gasteiger partial charge in [0.15, 0.2) is 6.61 Å². The number of hydrogen-bond donors (Lipinski definition) is 0. The molecule has 0 aliphatic heterocycles. The fraction of sp³-hybridized carbons (Fsp3) is 0.118. The molecule has 1 aromatic heterocycles. The van der Waals surface area contributed by atoms with Gasteiger partial charge in [-0.05, 0) is 36.4 Å². The molecular formula is C17H12BrF2N3O3. The first-order valence-electron chi connectivity index (χ1n) is 7.39. The highest BCUT2D eigenvalue weighted by atomic mass is 79.9. The zero-order chi connectivity index (χ0) is 18.4. The summed E-state index contributed by atoms with van der Waals surface area (Å²) in [4.78, 5) is 5.07. The number of alkyl halides is 2. The van der Waals surface area contributed by atoms with E-state index in [0.717, 1.165) is 10.0 Å². The Morgan fingerprint density at radius 1 is 1.12 bits per heavy atom. The number of oxime groups is 1. The molecule has 0 aliphatic rings. The molecule has 0 fully saturated rings. The first kappa shape index (κ1) is 18.0. The molecule has 1 heterocycles. The molecule has 0 unspecified atom stereocenters. The van der Waals surface area contributed by atoms with Gasteiger partial charge in [0.2, 0.25) is 5.89 Å². The highest BCUT2D eigenvalue weighted by molar-refractivity contribution is 9.10. The number of nitrogens with zero attached hydrogens (tertiary/aromatic N) is 3. The second kappa shape index (κ2) is 8.52. The molecule has 3 rings (SSSR count). The Labute approximate surface area is 155 Å². The van der Waals surface area contributed by atoms with Crippen LogP contribution in [0.1, 0.15) is 11.5 Å². The van der Waals surface area contributed by atoms with Gasteiger partial charge in [-0.1, -0.05) is 33.2 Å². The predicted molar refractivity (Wildman–Crippen MR) is 92.9 cm³/mol. The summed E-state index contributed by atoms with van der Waals surface area (Å²) in [5.74, 6) is 0.595. The molecule has 0 spiro atoms. The molecule has 2 aromatic carbocycles. The van der Waals surface area contributed by atoms with E-state index >= 15 is 0 Å². The number of halogens is 3. The molecule has 134 valence electrons. The van der Waals surface area contributed by atoms with E-state index in [4.69, 9.17) is 9.25 Å². The first-order valence-corrected chi connectivity index (χ1v) is 8.18. The van der Waals surface area contributed by atoms with E-state index in [2.05, 4.69) is 36.0 Å². The summed E-state index contributed by atoms with van der Waals surface area (Å²) in [5.41, 5.74) is 1.13. The summed E-state index contributed by atoms with van der Waals surface area (Å²) in [6.07, 6.45) is 1.27. The van der Waals surface area contributed by atoms with Crippen LogP contribution in [0.15, 0.2) is 62.6 Å². The van der Waals surface area contributed by atoms with Crippen molar-refractivity contribution in [1.29, 1.82) is 0 Å². The molecule has 0 radical (unpaired) electrons. The fourth-order valence-electron chi connectivity index (χ4n) is 2.00. The molecule has 0 N–H and O–H groups in total. The van der Waals surface area contributed by atoms with Gasteiger partial charge in [-0.2, -0.15) is 8.78 Å². The van der Waals surface area contributed by atoms with Crippen LogP contribution in [-0.2, 0) is 11.4 Å². The van der Waals surface area contributed by atoms with E-state index in [1.807, 2.05) is 24.3 Å². The maximum absolute atomic E-state index is 12.3. The van der Waals surface area contributed by atoms with Gasteiger partial charge in [0, 0.05) is 15.6 Å². The van der Waals surface area contributed by atoms with Crippen LogP contribution in [0.5, 0.6) is 5.75 Å². The van der Waals surface area contributed by atoms with Crippen molar-refractivity contribution >= 4 is 22.1 Å². The summed E-state index contributed by atoms with van der Waals surface area (Å²) in [7, 11) is 0. The molecule has 0 saturated heterocycles.